The van der Waals surface area contributed by atoms with E-state index in [-0.39, 0.29) is 24.6 Å². The number of amides is 1. The summed E-state index contributed by atoms with van der Waals surface area (Å²) in [6, 6.07) is 8.33. The largest absolute Gasteiger partial charge is 0.484 e. The van der Waals surface area contributed by atoms with Crippen LogP contribution < -0.4 is 4.74 Å². The molecule has 0 atom stereocenters. The first kappa shape index (κ1) is 16.5. The molecular formula is C17H27NO2. The molecule has 3 heteroatoms. The van der Waals surface area contributed by atoms with Gasteiger partial charge in [0.05, 0.1) is 0 Å². The van der Waals surface area contributed by atoms with Gasteiger partial charge in [-0.3, -0.25) is 4.79 Å². The summed E-state index contributed by atoms with van der Waals surface area (Å²) in [5.41, 5.74) is 1.27. The maximum absolute atomic E-state index is 12.2. The van der Waals surface area contributed by atoms with Crippen molar-refractivity contribution < 1.29 is 9.53 Å². The van der Waals surface area contributed by atoms with Crippen LogP contribution in [0.1, 0.15) is 53.0 Å². The number of rotatable bonds is 6. The van der Waals surface area contributed by atoms with Crippen molar-refractivity contribution in [2.75, 3.05) is 6.61 Å². The molecule has 0 aromatic heterocycles. The van der Waals surface area contributed by atoms with Crippen molar-refractivity contribution in [1.29, 1.82) is 0 Å². The van der Waals surface area contributed by atoms with Crippen LogP contribution in [0.15, 0.2) is 24.3 Å². The molecule has 0 fully saturated rings. The van der Waals surface area contributed by atoms with Crippen molar-refractivity contribution in [2.45, 2.75) is 59.5 Å². The molecule has 0 heterocycles. The summed E-state index contributed by atoms with van der Waals surface area (Å²) in [5.74, 6) is 1.28. The molecule has 0 spiro atoms. The summed E-state index contributed by atoms with van der Waals surface area (Å²) in [6.07, 6.45) is 0. The lowest BCUT2D eigenvalue weighted by Crippen LogP contribution is -2.44. The van der Waals surface area contributed by atoms with Crippen molar-refractivity contribution in [2.24, 2.45) is 0 Å². The van der Waals surface area contributed by atoms with Crippen LogP contribution in [0, 0.1) is 0 Å². The predicted molar refractivity (Wildman–Crippen MR) is 83.1 cm³/mol. The summed E-state index contributed by atoms with van der Waals surface area (Å²) >= 11 is 0. The second kappa shape index (κ2) is 7.32. The highest BCUT2D eigenvalue weighted by atomic mass is 16.5. The number of carbonyl (C=O) groups is 1. The first-order chi connectivity index (χ1) is 9.32. The minimum Gasteiger partial charge on any atom is -0.484 e. The van der Waals surface area contributed by atoms with Crippen LogP contribution >= 0.6 is 0 Å². The lowest BCUT2D eigenvalue weighted by Gasteiger charge is -2.30. The van der Waals surface area contributed by atoms with Crippen LogP contribution in [0.3, 0.4) is 0 Å². The molecule has 1 amide bonds. The summed E-state index contributed by atoms with van der Waals surface area (Å²) in [6.45, 7) is 12.5. The molecule has 0 bridgehead atoms. The summed E-state index contributed by atoms with van der Waals surface area (Å²) in [5, 5.41) is 0. The molecule has 0 aliphatic rings. The van der Waals surface area contributed by atoms with E-state index in [1.54, 1.807) is 0 Å². The Morgan fingerprint density at radius 1 is 1.00 bits per heavy atom. The maximum Gasteiger partial charge on any atom is 0.260 e. The molecule has 1 rings (SSSR count). The molecule has 0 saturated carbocycles. The highest BCUT2D eigenvalue weighted by Gasteiger charge is 2.20. The van der Waals surface area contributed by atoms with Crippen molar-refractivity contribution >= 4 is 5.91 Å². The van der Waals surface area contributed by atoms with E-state index in [2.05, 4.69) is 13.8 Å². The number of benzene rings is 1. The molecule has 112 valence electrons. The lowest BCUT2D eigenvalue weighted by molar-refractivity contribution is -0.136. The van der Waals surface area contributed by atoms with Gasteiger partial charge in [-0.05, 0) is 51.3 Å². The Hall–Kier alpha value is -1.51. The molecule has 0 N–H and O–H groups in total. The Bertz CT molecular complexity index is 413. The number of carbonyl (C=O) groups excluding carboxylic acids is 1. The Morgan fingerprint density at radius 3 is 1.90 bits per heavy atom. The molecule has 1 aromatic rings. The maximum atomic E-state index is 12.2. The third-order valence-electron chi connectivity index (χ3n) is 3.31. The van der Waals surface area contributed by atoms with E-state index < -0.39 is 0 Å². The molecule has 3 nitrogen and oxygen atoms in total. The van der Waals surface area contributed by atoms with Crippen LogP contribution in [-0.4, -0.2) is 29.5 Å². The van der Waals surface area contributed by atoms with Crippen LogP contribution in [0.2, 0.25) is 0 Å². The first-order valence-electron chi connectivity index (χ1n) is 7.36. The summed E-state index contributed by atoms with van der Waals surface area (Å²) in [4.78, 5) is 14.0. The third-order valence-corrected chi connectivity index (χ3v) is 3.31. The van der Waals surface area contributed by atoms with Gasteiger partial charge in [-0.1, -0.05) is 26.0 Å². The van der Waals surface area contributed by atoms with Gasteiger partial charge >= 0.3 is 0 Å². The van der Waals surface area contributed by atoms with Crippen molar-refractivity contribution in [3.63, 3.8) is 0 Å². The fourth-order valence-electron chi connectivity index (χ4n) is 2.34. The molecule has 20 heavy (non-hydrogen) atoms. The number of hydrogen-bond acceptors (Lipinski definition) is 2. The van der Waals surface area contributed by atoms with Crippen LogP contribution in [-0.2, 0) is 4.79 Å². The topological polar surface area (TPSA) is 29.5 Å². The second-order valence-corrected chi connectivity index (χ2v) is 6.00. The molecule has 0 aliphatic carbocycles. The normalized spacial score (nSPS) is 11.2. The molecule has 0 unspecified atom stereocenters. The highest BCUT2D eigenvalue weighted by Crippen LogP contribution is 2.18. The van der Waals surface area contributed by atoms with Gasteiger partial charge in [0, 0.05) is 12.1 Å². The highest BCUT2D eigenvalue weighted by molar-refractivity contribution is 5.78. The number of hydrogen-bond donors (Lipinski definition) is 0. The third kappa shape index (κ3) is 4.55. The summed E-state index contributed by atoms with van der Waals surface area (Å²) < 4.78 is 5.59. The monoisotopic (exact) mass is 277 g/mol. The SMILES string of the molecule is CC(C)c1ccc(OCC(=O)N(C(C)C)C(C)C)cc1. The second-order valence-electron chi connectivity index (χ2n) is 6.00. The smallest absolute Gasteiger partial charge is 0.260 e. The molecule has 0 aliphatic heterocycles. The molecule has 0 saturated heterocycles. The van der Waals surface area contributed by atoms with Crippen LogP contribution in [0.25, 0.3) is 0 Å². The van der Waals surface area contributed by atoms with E-state index in [1.165, 1.54) is 5.56 Å². The first-order valence-corrected chi connectivity index (χ1v) is 7.36. The van der Waals surface area contributed by atoms with E-state index in [0.717, 1.165) is 5.75 Å². The standard InChI is InChI=1S/C17H27NO2/c1-12(2)15-7-9-16(10-8-15)20-11-17(19)18(13(3)4)14(5)6/h7-10,12-14H,11H2,1-6H3. The van der Waals surface area contributed by atoms with Gasteiger partial charge < -0.3 is 9.64 Å². The number of ether oxygens (including phenoxy) is 1. The van der Waals surface area contributed by atoms with Crippen molar-refractivity contribution in [3.8, 4) is 5.75 Å². The Balaban J connectivity index is 2.60. The zero-order valence-corrected chi connectivity index (χ0v) is 13.5. The minimum absolute atomic E-state index is 0.0305. The zero-order valence-electron chi connectivity index (χ0n) is 13.5. The van der Waals surface area contributed by atoms with E-state index >= 15 is 0 Å². The van der Waals surface area contributed by atoms with E-state index in [0.29, 0.717) is 5.92 Å². The van der Waals surface area contributed by atoms with Crippen molar-refractivity contribution in [1.82, 2.24) is 4.90 Å². The average molecular weight is 277 g/mol. The summed E-state index contributed by atoms with van der Waals surface area (Å²) in [7, 11) is 0. The zero-order chi connectivity index (χ0) is 15.3. The Morgan fingerprint density at radius 2 is 1.50 bits per heavy atom. The average Bonchev–Trinajstić information content (AvgIpc) is 2.36. The van der Waals surface area contributed by atoms with Crippen LogP contribution in [0.5, 0.6) is 5.75 Å². The van der Waals surface area contributed by atoms with E-state index in [1.807, 2.05) is 56.9 Å². The predicted octanol–water partition coefficient (Wildman–Crippen LogP) is 3.83. The fourth-order valence-corrected chi connectivity index (χ4v) is 2.34. The minimum atomic E-state index is 0.0305. The van der Waals surface area contributed by atoms with Gasteiger partial charge in [-0.15, -0.1) is 0 Å². The molecule has 1 aromatic carbocycles. The van der Waals surface area contributed by atoms with E-state index in [4.69, 9.17) is 4.74 Å². The van der Waals surface area contributed by atoms with Gasteiger partial charge in [-0.2, -0.15) is 0 Å². The number of nitrogens with zero attached hydrogens (tertiary/aromatic N) is 1. The van der Waals surface area contributed by atoms with Gasteiger partial charge in [0.25, 0.3) is 5.91 Å². The van der Waals surface area contributed by atoms with E-state index in [9.17, 15) is 4.79 Å². The Kier molecular flexibility index (Phi) is 6.05. The van der Waals surface area contributed by atoms with Gasteiger partial charge in [0.15, 0.2) is 6.61 Å². The quantitative estimate of drug-likeness (QED) is 0.790. The Labute approximate surface area is 122 Å². The van der Waals surface area contributed by atoms with Gasteiger partial charge in [-0.25, -0.2) is 0 Å². The van der Waals surface area contributed by atoms with Crippen molar-refractivity contribution in [3.05, 3.63) is 29.8 Å². The van der Waals surface area contributed by atoms with Crippen LogP contribution in [0.4, 0.5) is 0 Å². The van der Waals surface area contributed by atoms with Gasteiger partial charge in [0.1, 0.15) is 5.75 Å². The lowest BCUT2D eigenvalue weighted by atomic mass is 10.0. The fraction of sp³-hybridized carbons (Fsp3) is 0.588. The molecular weight excluding hydrogens is 250 g/mol. The van der Waals surface area contributed by atoms with Gasteiger partial charge in [0.2, 0.25) is 0 Å². The molecule has 0 radical (unpaired) electrons.